The van der Waals surface area contributed by atoms with Gasteiger partial charge in [0.1, 0.15) is 0 Å². The number of piperidine rings is 2. The number of carbonyl (C=O) groups excluding carboxylic acids is 2. The van der Waals surface area contributed by atoms with Crippen LogP contribution >= 0.6 is 0 Å². The predicted octanol–water partition coefficient (Wildman–Crippen LogP) is 1.55. The average molecular weight is 252 g/mol. The first-order valence-corrected chi connectivity index (χ1v) is 6.96. The van der Waals surface area contributed by atoms with Crippen molar-refractivity contribution in [3.05, 3.63) is 0 Å². The topological polar surface area (TPSA) is 49.4 Å². The number of amides is 2. The lowest BCUT2D eigenvalue weighted by atomic mass is 9.81. The van der Waals surface area contributed by atoms with Crippen LogP contribution in [0.5, 0.6) is 0 Å². The minimum absolute atomic E-state index is 0.00387. The molecule has 2 rings (SSSR count). The Balaban J connectivity index is 2.00. The van der Waals surface area contributed by atoms with Crippen LogP contribution in [0.15, 0.2) is 0 Å². The molecule has 2 aliphatic rings. The summed E-state index contributed by atoms with van der Waals surface area (Å²) < 4.78 is 0. The van der Waals surface area contributed by atoms with Gasteiger partial charge in [-0.05, 0) is 30.7 Å². The van der Waals surface area contributed by atoms with Crippen molar-refractivity contribution < 1.29 is 9.59 Å². The molecule has 0 spiro atoms. The molecule has 0 aliphatic carbocycles. The lowest BCUT2D eigenvalue weighted by molar-refractivity contribution is -0.153. The highest BCUT2D eigenvalue weighted by Gasteiger charge is 2.38. The summed E-state index contributed by atoms with van der Waals surface area (Å²) in [7, 11) is 0. The van der Waals surface area contributed by atoms with Gasteiger partial charge in [0.15, 0.2) is 0 Å². The largest absolute Gasteiger partial charge is 0.312 e. The van der Waals surface area contributed by atoms with E-state index < -0.39 is 0 Å². The Hall–Kier alpha value is -0.900. The van der Waals surface area contributed by atoms with Crippen molar-refractivity contribution in [1.29, 1.82) is 0 Å². The number of hydrogen-bond acceptors (Lipinski definition) is 3. The number of imide groups is 1. The first-order chi connectivity index (χ1) is 8.39. The van der Waals surface area contributed by atoms with Gasteiger partial charge in [-0.1, -0.05) is 20.8 Å². The zero-order valence-electron chi connectivity index (χ0n) is 11.7. The van der Waals surface area contributed by atoms with Gasteiger partial charge < -0.3 is 5.32 Å². The molecular weight excluding hydrogens is 228 g/mol. The van der Waals surface area contributed by atoms with E-state index in [9.17, 15) is 9.59 Å². The minimum atomic E-state index is -0.170. The number of nitrogens with zero attached hydrogens (tertiary/aromatic N) is 1. The van der Waals surface area contributed by atoms with Crippen molar-refractivity contribution in [2.45, 2.75) is 52.5 Å². The normalized spacial score (nSPS) is 32.7. The van der Waals surface area contributed by atoms with E-state index in [-0.39, 0.29) is 23.3 Å². The van der Waals surface area contributed by atoms with Gasteiger partial charge in [-0.2, -0.15) is 0 Å². The zero-order valence-corrected chi connectivity index (χ0v) is 11.7. The molecule has 0 aromatic carbocycles. The standard InChI is InChI=1S/C14H24N2O2/c1-10-5-4-6-15-11(10)9-16-12(17)7-14(2,3)8-13(16)18/h10-11,15H,4-9H2,1-3H3. The third kappa shape index (κ3) is 2.91. The van der Waals surface area contributed by atoms with E-state index in [1.807, 2.05) is 13.8 Å². The molecule has 2 heterocycles. The first-order valence-electron chi connectivity index (χ1n) is 6.96. The van der Waals surface area contributed by atoms with Crippen molar-refractivity contribution in [3.8, 4) is 0 Å². The lowest BCUT2D eigenvalue weighted by Crippen LogP contribution is -2.54. The summed E-state index contributed by atoms with van der Waals surface area (Å²) in [6, 6.07) is 0.271. The molecule has 2 fully saturated rings. The van der Waals surface area contributed by atoms with Gasteiger partial charge >= 0.3 is 0 Å². The fraction of sp³-hybridized carbons (Fsp3) is 0.857. The average Bonchev–Trinajstić information content (AvgIpc) is 2.24. The first kappa shape index (κ1) is 13.5. The summed E-state index contributed by atoms with van der Waals surface area (Å²) in [6.07, 6.45) is 3.34. The fourth-order valence-corrected chi connectivity index (χ4v) is 2.97. The summed E-state index contributed by atoms with van der Waals surface area (Å²) >= 11 is 0. The molecule has 102 valence electrons. The van der Waals surface area contributed by atoms with E-state index in [1.54, 1.807) is 0 Å². The SMILES string of the molecule is CC1CCCNC1CN1C(=O)CC(C)(C)CC1=O. The van der Waals surface area contributed by atoms with Crippen molar-refractivity contribution in [2.75, 3.05) is 13.1 Å². The molecule has 2 unspecified atom stereocenters. The molecule has 18 heavy (non-hydrogen) atoms. The Bertz CT molecular complexity index is 332. The van der Waals surface area contributed by atoms with Crippen LogP contribution in [0, 0.1) is 11.3 Å². The van der Waals surface area contributed by atoms with E-state index in [1.165, 1.54) is 17.7 Å². The lowest BCUT2D eigenvalue weighted by Gasteiger charge is -2.39. The highest BCUT2D eigenvalue weighted by atomic mass is 16.2. The molecular formula is C14H24N2O2. The Morgan fingerprint density at radius 1 is 1.28 bits per heavy atom. The van der Waals surface area contributed by atoms with Gasteiger partial charge in [0.05, 0.1) is 0 Å². The molecule has 0 saturated carbocycles. The summed E-state index contributed by atoms with van der Waals surface area (Å²) in [6.45, 7) is 7.72. The van der Waals surface area contributed by atoms with Gasteiger partial charge in [0.25, 0.3) is 0 Å². The van der Waals surface area contributed by atoms with E-state index in [2.05, 4.69) is 12.2 Å². The fourth-order valence-electron chi connectivity index (χ4n) is 2.97. The summed E-state index contributed by atoms with van der Waals surface area (Å²) in [4.78, 5) is 25.6. The van der Waals surface area contributed by atoms with Crippen molar-refractivity contribution in [3.63, 3.8) is 0 Å². The Morgan fingerprint density at radius 2 is 1.89 bits per heavy atom. The molecule has 2 aliphatic heterocycles. The molecule has 0 bridgehead atoms. The third-order valence-electron chi connectivity index (χ3n) is 4.17. The highest BCUT2D eigenvalue weighted by Crippen LogP contribution is 2.32. The Labute approximate surface area is 109 Å². The maximum absolute atomic E-state index is 12.1. The van der Waals surface area contributed by atoms with Crippen LogP contribution in [0.25, 0.3) is 0 Å². The van der Waals surface area contributed by atoms with Gasteiger partial charge in [-0.15, -0.1) is 0 Å². The van der Waals surface area contributed by atoms with Gasteiger partial charge in [-0.3, -0.25) is 14.5 Å². The predicted molar refractivity (Wildman–Crippen MR) is 69.9 cm³/mol. The molecule has 0 aromatic heterocycles. The number of rotatable bonds is 2. The maximum atomic E-state index is 12.1. The van der Waals surface area contributed by atoms with E-state index in [0.717, 1.165) is 6.54 Å². The summed E-state index contributed by atoms with van der Waals surface area (Å²) in [5.74, 6) is 0.529. The zero-order chi connectivity index (χ0) is 13.3. The molecule has 4 heteroatoms. The molecule has 4 nitrogen and oxygen atoms in total. The summed E-state index contributed by atoms with van der Waals surface area (Å²) in [5.41, 5.74) is -0.170. The second-order valence-electron chi connectivity index (χ2n) is 6.60. The second kappa shape index (κ2) is 5.00. The quantitative estimate of drug-likeness (QED) is 0.759. The number of nitrogens with one attached hydrogen (secondary N) is 1. The number of carbonyl (C=O) groups is 2. The van der Waals surface area contributed by atoms with Crippen molar-refractivity contribution in [2.24, 2.45) is 11.3 Å². The van der Waals surface area contributed by atoms with Crippen LogP contribution in [0.1, 0.15) is 46.5 Å². The van der Waals surface area contributed by atoms with Crippen molar-refractivity contribution in [1.82, 2.24) is 10.2 Å². The van der Waals surface area contributed by atoms with Crippen LogP contribution in [0.2, 0.25) is 0 Å². The molecule has 2 amide bonds. The molecule has 0 aromatic rings. The second-order valence-corrected chi connectivity index (χ2v) is 6.60. The summed E-state index contributed by atoms with van der Waals surface area (Å²) in [5, 5.41) is 3.43. The highest BCUT2D eigenvalue weighted by molar-refractivity contribution is 5.98. The van der Waals surface area contributed by atoms with Crippen LogP contribution in [-0.4, -0.2) is 35.8 Å². The third-order valence-corrected chi connectivity index (χ3v) is 4.17. The smallest absolute Gasteiger partial charge is 0.229 e. The molecule has 2 atom stereocenters. The molecule has 0 radical (unpaired) electrons. The van der Waals surface area contributed by atoms with Gasteiger partial charge in [0.2, 0.25) is 11.8 Å². The Kier molecular flexibility index (Phi) is 3.76. The molecule has 2 saturated heterocycles. The molecule has 1 N–H and O–H groups in total. The van der Waals surface area contributed by atoms with Crippen molar-refractivity contribution >= 4 is 11.8 Å². The number of likely N-dealkylation sites (tertiary alicyclic amines) is 1. The van der Waals surface area contributed by atoms with Gasteiger partial charge in [-0.25, -0.2) is 0 Å². The van der Waals surface area contributed by atoms with Gasteiger partial charge in [0, 0.05) is 25.4 Å². The van der Waals surface area contributed by atoms with Crippen LogP contribution in [0.3, 0.4) is 0 Å². The number of hydrogen-bond donors (Lipinski definition) is 1. The van der Waals surface area contributed by atoms with Crippen LogP contribution in [0.4, 0.5) is 0 Å². The van der Waals surface area contributed by atoms with E-state index in [4.69, 9.17) is 0 Å². The van der Waals surface area contributed by atoms with E-state index in [0.29, 0.717) is 25.3 Å². The minimum Gasteiger partial charge on any atom is -0.312 e. The Morgan fingerprint density at radius 3 is 2.44 bits per heavy atom. The van der Waals surface area contributed by atoms with E-state index >= 15 is 0 Å². The van der Waals surface area contributed by atoms with Crippen LogP contribution < -0.4 is 5.32 Å². The monoisotopic (exact) mass is 252 g/mol. The maximum Gasteiger partial charge on any atom is 0.229 e. The van der Waals surface area contributed by atoms with Crippen LogP contribution in [-0.2, 0) is 9.59 Å².